The summed E-state index contributed by atoms with van der Waals surface area (Å²) in [6, 6.07) is 2.28. The first-order chi connectivity index (χ1) is 7.36. The van der Waals surface area contributed by atoms with Gasteiger partial charge in [0.25, 0.3) is 0 Å². The molecule has 0 atom stereocenters. The Hall–Kier alpha value is -0.460. The first-order valence-electron chi connectivity index (χ1n) is 4.04. The average molecular weight is 320 g/mol. The lowest BCUT2D eigenvalue weighted by Gasteiger charge is -2.13. The predicted molar refractivity (Wildman–Crippen MR) is 56.7 cm³/mol. The monoisotopic (exact) mass is 318 g/mol. The van der Waals surface area contributed by atoms with Crippen molar-refractivity contribution in [2.75, 3.05) is 13.9 Å². The second-order valence-corrected chi connectivity index (χ2v) is 4.07. The van der Waals surface area contributed by atoms with Crippen LogP contribution in [0.4, 0.5) is 13.2 Å². The van der Waals surface area contributed by atoms with Gasteiger partial charge in [0.05, 0.1) is 10.6 Å². The quantitative estimate of drug-likeness (QED) is 0.781. The summed E-state index contributed by atoms with van der Waals surface area (Å²) in [6.45, 7) is -0.0614. The molecule has 0 aliphatic rings. The van der Waals surface area contributed by atoms with Gasteiger partial charge in [0, 0.05) is 11.6 Å². The molecule has 0 heterocycles. The zero-order chi connectivity index (χ0) is 12.3. The molecule has 0 radical (unpaired) electrons. The third-order valence-electron chi connectivity index (χ3n) is 1.64. The molecule has 7 heteroatoms. The number of hydrogen-bond acceptors (Lipinski definition) is 2. The normalized spacial score (nSPS) is 11.6. The van der Waals surface area contributed by atoms with Crippen molar-refractivity contribution in [2.45, 2.75) is 6.18 Å². The van der Waals surface area contributed by atoms with E-state index in [9.17, 15) is 13.2 Å². The maximum Gasteiger partial charge on any atom is 0.418 e. The van der Waals surface area contributed by atoms with Gasteiger partial charge in [-0.05, 0) is 28.1 Å². The highest BCUT2D eigenvalue weighted by atomic mass is 79.9. The van der Waals surface area contributed by atoms with Crippen LogP contribution in [0.25, 0.3) is 0 Å². The zero-order valence-electron chi connectivity index (χ0n) is 8.07. The Morgan fingerprint density at radius 1 is 1.38 bits per heavy atom. The van der Waals surface area contributed by atoms with Crippen LogP contribution in [-0.2, 0) is 10.9 Å². The SMILES string of the molecule is COCOc1cc(Cl)c(C(F)(F)F)c(Br)c1. The number of methoxy groups -OCH3 is 1. The number of ether oxygens (including phenoxy) is 2. The van der Waals surface area contributed by atoms with Crippen LogP contribution in [0.15, 0.2) is 16.6 Å². The molecule has 0 N–H and O–H groups in total. The van der Waals surface area contributed by atoms with E-state index < -0.39 is 16.8 Å². The lowest BCUT2D eigenvalue weighted by atomic mass is 10.2. The summed E-state index contributed by atoms with van der Waals surface area (Å²) >= 11 is 8.33. The average Bonchev–Trinajstić information content (AvgIpc) is 2.11. The Kier molecular flexibility index (Phi) is 4.46. The lowest BCUT2D eigenvalue weighted by Crippen LogP contribution is -2.08. The van der Waals surface area contributed by atoms with Crippen molar-refractivity contribution < 1.29 is 22.6 Å². The first kappa shape index (κ1) is 13.6. The Bertz CT molecular complexity index is 359. The molecule has 0 saturated carbocycles. The third-order valence-corrected chi connectivity index (χ3v) is 2.57. The fraction of sp³-hybridized carbons (Fsp3) is 0.333. The fourth-order valence-corrected chi connectivity index (χ4v) is 2.13. The summed E-state index contributed by atoms with van der Waals surface area (Å²) in [5, 5.41) is -0.423. The molecule has 0 aliphatic heterocycles. The summed E-state index contributed by atoms with van der Waals surface area (Å²) in [5.41, 5.74) is -0.918. The van der Waals surface area contributed by atoms with Crippen LogP contribution >= 0.6 is 27.5 Å². The van der Waals surface area contributed by atoms with E-state index in [2.05, 4.69) is 20.7 Å². The molecule has 0 unspecified atom stereocenters. The Balaban J connectivity index is 3.08. The molecule has 1 rings (SSSR count). The zero-order valence-corrected chi connectivity index (χ0v) is 10.4. The molecule has 0 fully saturated rings. The van der Waals surface area contributed by atoms with Crippen LogP contribution in [0.2, 0.25) is 5.02 Å². The maximum atomic E-state index is 12.5. The molecule has 16 heavy (non-hydrogen) atoms. The third kappa shape index (κ3) is 3.26. The van der Waals surface area contributed by atoms with Crippen LogP contribution in [0.3, 0.4) is 0 Å². The Morgan fingerprint density at radius 3 is 2.44 bits per heavy atom. The van der Waals surface area contributed by atoms with E-state index in [1.807, 2.05) is 0 Å². The van der Waals surface area contributed by atoms with Gasteiger partial charge in [0.1, 0.15) is 5.75 Å². The number of alkyl halides is 3. The smallest absolute Gasteiger partial charge is 0.418 e. The second-order valence-electron chi connectivity index (χ2n) is 2.81. The van der Waals surface area contributed by atoms with E-state index in [1.165, 1.54) is 13.2 Å². The van der Waals surface area contributed by atoms with Gasteiger partial charge < -0.3 is 9.47 Å². The van der Waals surface area contributed by atoms with Gasteiger partial charge in [0.2, 0.25) is 0 Å². The fourth-order valence-electron chi connectivity index (χ4n) is 1.03. The van der Waals surface area contributed by atoms with Crippen molar-refractivity contribution in [2.24, 2.45) is 0 Å². The summed E-state index contributed by atoms with van der Waals surface area (Å²) in [6.07, 6.45) is -4.50. The molecule has 0 spiro atoms. The highest BCUT2D eigenvalue weighted by Gasteiger charge is 2.36. The van der Waals surface area contributed by atoms with Crippen LogP contribution < -0.4 is 4.74 Å². The number of hydrogen-bond donors (Lipinski definition) is 0. The highest BCUT2D eigenvalue weighted by Crippen LogP contribution is 2.41. The van der Waals surface area contributed by atoms with Gasteiger partial charge in [0.15, 0.2) is 6.79 Å². The summed E-state index contributed by atoms with van der Waals surface area (Å²) in [5.74, 6) is 0.201. The molecule has 0 saturated heterocycles. The molecule has 1 aromatic carbocycles. The van der Waals surface area contributed by atoms with Crippen LogP contribution in [0, 0.1) is 0 Å². The minimum Gasteiger partial charge on any atom is -0.467 e. The second kappa shape index (κ2) is 5.25. The number of benzene rings is 1. The van der Waals surface area contributed by atoms with Crippen molar-refractivity contribution in [3.05, 3.63) is 27.2 Å². The van der Waals surface area contributed by atoms with Crippen LogP contribution in [-0.4, -0.2) is 13.9 Å². The maximum absolute atomic E-state index is 12.5. The standard InChI is InChI=1S/C9H7BrClF3O2/c1-15-4-16-5-2-6(10)8(7(11)3-5)9(12,13)14/h2-3H,4H2,1H3. The van der Waals surface area contributed by atoms with E-state index in [0.717, 1.165) is 6.07 Å². The van der Waals surface area contributed by atoms with Gasteiger partial charge in [-0.3, -0.25) is 0 Å². The molecular weight excluding hydrogens is 312 g/mol. The van der Waals surface area contributed by atoms with E-state index in [0.29, 0.717) is 0 Å². The Morgan fingerprint density at radius 2 is 2.00 bits per heavy atom. The number of rotatable bonds is 3. The van der Waals surface area contributed by atoms with Crippen molar-refractivity contribution in [1.29, 1.82) is 0 Å². The summed E-state index contributed by atoms with van der Waals surface area (Å²) in [4.78, 5) is 0. The Labute approximate surface area is 103 Å². The van der Waals surface area contributed by atoms with Gasteiger partial charge in [-0.1, -0.05) is 11.6 Å². The summed E-state index contributed by atoms with van der Waals surface area (Å²) in [7, 11) is 1.40. The predicted octanol–water partition coefficient (Wildman–Crippen LogP) is 4.10. The summed E-state index contributed by atoms with van der Waals surface area (Å²) < 4.78 is 47.0. The van der Waals surface area contributed by atoms with E-state index >= 15 is 0 Å². The topological polar surface area (TPSA) is 18.5 Å². The highest BCUT2D eigenvalue weighted by molar-refractivity contribution is 9.10. The number of halogens is 5. The minimum absolute atomic E-state index is 0.0614. The van der Waals surface area contributed by atoms with Gasteiger partial charge in [-0.15, -0.1) is 0 Å². The van der Waals surface area contributed by atoms with Crippen molar-refractivity contribution in [3.8, 4) is 5.75 Å². The van der Waals surface area contributed by atoms with Crippen molar-refractivity contribution in [3.63, 3.8) is 0 Å². The molecule has 0 aromatic heterocycles. The molecule has 2 nitrogen and oxygen atoms in total. The van der Waals surface area contributed by atoms with Crippen LogP contribution in [0.5, 0.6) is 5.75 Å². The molecule has 1 aromatic rings. The van der Waals surface area contributed by atoms with Gasteiger partial charge >= 0.3 is 6.18 Å². The largest absolute Gasteiger partial charge is 0.467 e. The lowest BCUT2D eigenvalue weighted by molar-refractivity contribution is -0.138. The minimum atomic E-state index is -4.50. The molecule has 90 valence electrons. The van der Waals surface area contributed by atoms with Crippen LogP contribution in [0.1, 0.15) is 5.56 Å². The van der Waals surface area contributed by atoms with Crippen molar-refractivity contribution in [1.82, 2.24) is 0 Å². The molecule has 0 bridgehead atoms. The van der Waals surface area contributed by atoms with Gasteiger partial charge in [-0.25, -0.2) is 0 Å². The molecular formula is C9H7BrClF3O2. The van der Waals surface area contributed by atoms with Crippen molar-refractivity contribution >= 4 is 27.5 Å². The molecule has 0 aliphatic carbocycles. The van der Waals surface area contributed by atoms with Gasteiger partial charge in [-0.2, -0.15) is 13.2 Å². The van der Waals surface area contributed by atoms with E-state index in [4.69, 9.17) is 16.3 Å². The van der Waals surface area contributed by atoms with E-state index in [1.54, 1.807) is 0 Å². The van der Waals surface area contributed by atoms with E-state index in [-0.39, 0.29) is 17.0 Å². The first-order valence-corrected chi connectivity index (χ1v) is 5.21. The molecule has 0 amide bonds.